The number of nitriles is 1. The first-order valence-corrected chi connectivity index (χ1v) is 9.59. The number of nitro benzene ring substituents is 1. The van der Waals surface area contributed by atoms with Gasteiger partial charge in [0.05, 0.1) is 21.2 Å². The lowest BCUT2D eigenvalue weighted by Crippen LogP contribution is -2.30. The molecule has 0 saturated heterocycles. The molecule has 1 N–H and O–H groups in total. The highest BCUT2D eigenvalue weighted by Crippen LogP contribution is 2.33. The zero-order chi connectivity index (χ0) is 21.1. The highest BCUT2D eigenvalue weighted by molar-refractivity contribution is 6.33. The summed E-state index contributed by atoms with van der Waals surface area (Å²) in [7, 11) is 0. The number of hydrogen-bond acceptors (Lipinski definition) is 6. The van der Waals surface area contributed by atoms with E-state index in [2.05, 4.69) is 4.99 Å². The molecular formula is C20H19ClN4O4. The zero-order valence-corrected chi connectivity index (χ0v) is 16.5. The van der Waals surface area contributed by atoms with Gasteiger partial charge >= 0.3 is 0 Å². The average Bonchev–Trinajstić information content (AvgIpc) is 2.70. The zero-order valence-electron chi connectivity index (χ0n) is 15.8. The maximum atomic E-state index is 12.8. The van der Waals surface area contributed by atoms with Crippen LogP contribution in [-0.2, 0) is 0 Å². The summed E-state index contributed by atoms with van der Waals surface area (Å²) in [6.07, 6.45) is 5.83. The van der Waals surface area contributed by atoms with Crippen molar-refractivity contribution in [1.29, 1.82) is 5.26 Å². The van der Waals surface area contributed by atoms with Crippen LogP contribution >= 0.6 is 11.6 Å². The van der Waals surface area contributed by atoms with Crippen LogP contribution < -0.4 is 5.56 Å². The van der Waals surface area contributed by atoms with Crippen LogP contribution in [0.25, 0.3) is 0 Å². The molecule has 150 valence electrons. The lowest BCUT2D eigenvalue weighted by molar-refractivity contribution is -0.384. The molecule has 0 atom stereocenters. The molecule has 2 aromatic rings. The van der Waals surface area contributed by atoms with Gasteiger partial charge in [0.2, 0.25) is 5.88 Å². The number of benzene rings is 1. The molecule has 0 spiro atoms. The lowest BCUT2D eigenvalue weighted by Gasteiger charge is -2.26. The van der Waals surface area contributed by atoms with Crippen LogP contribution in [0, 0.1) is 28.4 Å². The number of non-ortho nitro benzene ring substituents is 1. The van der Waals surface area contributed by atoms with Crippen molar-refractivity contribution < 1.29 is 10.0 Å². The van der Waals surface area contributed by atoms with E-state index < -0.39 is 10.5 Å². The second kappa shape index (κ2) is 8.45. The van der Waals surface area contributed by atoms with Crippen LogP contribution in [0.2, 0.25) is 5.02 Å². The summed E-state index contributed by atoms with van der Waals surface area (Å²) in [5, 5.41) is 31.2. The van der Waals surface area contributed by atoms with Crippen molar-refractivity contribution in [3.63, 3.8) is 0 Å². The second-order valence-electron chi connectivity index (χ2n) is 6.97. The SMILES string of the molecule is Cc1c(C=Nc2ccc([N+](=O)[O-])cc2Cl)c(O)n(C2CCCCC2)c(=O)c1C#N. The lowest BCUT2D eigenvalue weighted by atomic mass is 9.94. The first kappa shape index (κ1) is 20.6. The molecule has 9 heteroatoms. The highest BCUT2D eigenvalue weighted by atomic mass is 35.5. The Morgan fingerprint density at radius 3 is 2.66 bits per heavy atom. The fourth-order valence-electron chi connectivity index (χ4n) is 3.62. The van der Waals surface area contributed by atoms with Crippen molar-refractivity contribution >= 4 is 29.2 Å². The molecular weight excluding hydrogens is 396 g/mol. The number of nitro groups is 1. The molecule has 1 saturated carbocycles. The van der Waals surface area contributed by atoms with Crippen molar-refractivity contribution in [2.75, 3.05) is 0 Å². The minimum atomic E-state index is -0.561. The smallest absolute Gasteiger partial charge is 0.271 e. The minimum absolute atomic E-state index is 0.0374. The summed E-state index contributed by atoms with van der Waals surface area (Å²) in [6, 6.07) is 5.62. The Morgan fingerprint density at radius 2 is 2.07 bits per heavy atom. The molecule has 1 heterocycles. The average molecular weight is 415 g/mol. The molecule has 1 aliphatic carbocycles. The Balaban J connectivity index is 2.09. The monoisotopic (exact) mass is 414 g/mol. The summed E-state index contributed by atoms with van der Waals surface area (Å²) >= 11 is 6.07. The molecule has 1 aromatic carbocycles. The Labute approximate surface area is 171 Å². The number of pyridine rings is 1. The third kappa shape index (κ3) is 4.00. The van der Waals surface area contributed by atoms with Gasteiger partial charge in [-0.2, -0.15) is 5.26 Å². The molecule has 0 bridgehead atoms. The standard InChI is InChI=1S/C20H19ClN4O4/c1-12-15(10-22)19(26)24(13-5-3-2-4-6-13)20(27)16(12)11-23-18-8-7-14(25(28)29)9-17(18)21/h7-9,11,13,27H,2-6H2,1H3. The number of aliphatic imine (C=N–C) groups is 1. The normalized spacial score (nSPS) is 14.8. The second-order valence-corrected chi connectivity index (χ2v) is 7.37. The predicted molar refractivity (Wildman–Crippen MR) is 109 cm³/mol. The van der Waals surface area contributed by atoms with E-state index in [1.165, 1.54) is 29.0 Å². The van der Waals surface area contributed by atoms with E-state index >= 15 is 0 Å². The Morgan fingerprint density at radius 1 is 1.38 bits per heavy atom. The number of aromatic hydroxyl groups is 1. The van der Waals surface area contributed by atoms with E-state index in [0.29, 0.717) is 5.56 Å². The van der Waals surface area contributed by atoms with Crippen molar-refractivity contribution in [1.82, 2.24) is 4.57 Å². The van der Waals surface area contributed by atoms with Crippen molar-refractivity contribution in [3.8, 4) is 11.9 Å². The van der Waals surface area contributed by atoms with Crippen molar-refractivity contribution in [2.24, 2.45) is 4.99 Å². The van der Waals surface area contributed by atoms with Crippen LogP contribution in [-0.4, -0.2) is 20.8 Å². The number of halogens is 1. The first-order valence-electron chi connectivity index (χ1n) is 9.21. The molecule has 3 rings (SSSR count). The fraction of sp³-hybridized carbons (Fsp3) is 0.350. The number of nitrogens with zero attached hydrogens (tertiary/aromatic N) is 4. The molecule has 29 heavy (non-hydrogen) atoms. The Bertz CT molecular complexity index is 1100. The van der Waals surface area contributed by atoms with Gasteiger partial charge in [-0.15, -0.1) is 0 Å². The first-order chi connectivity index (χ1) is 13.8. The van der Waals surface area contributed by atoms with Crippen LogP contribution in [0.4, 0.5) is 11.4 Å². The summed E-state index contributed by atoms with van der Waals surface area (Å²) in [6.45, 7) is 1.57. The summed E-state index contributed by atoms with van der Waals surface area (Å²) in [4.78, 5) is 27.3. The molecule has 0 amide bonds. The maximum absolute atomic E-state index is 12.8. The van der Waals surface area contributed by atoms with Gasteiger partial charge in [0, 0.05) is 24.4 Å². The fourth-order valence-corrected chi connectivity index (χ4v) is 3.85. The van der Waals surface area contributed by atoms with E-state index in [-0.39, 0.29) is 39.4 Å². The van der Waals surface area contributed by atoms with E-state index in [1.807, 2.05) is 6.07 Å². The van der Waals surface area contributed by atoms with Crippen LogP contribution in [0.3, 0.4) is 0 Å². The van der Waals surface area contributed by atoms with E-state index in [0.717, 1.165) is 32.1 Å². The molecule has 0 radical (unpaired) electrons. The summed E-state index contributed by atoms with van der Waals surface area (Å²) in [5.41, 5.74) is 0.144. The minimum Gasteiger partial charge on any atom is -0.494 e. The number of aromatic nitrogens is 1. The third-order valence-electron chi connectivity index (χ3n) is 5.21. The third-order valence-corrected chi connectivity index (χ3v) is 5.51. The van der Waals surface area contributed by atoms with Gasteiger partial charge in [-0.05, 0) is 31.4 Å². The summed E-state index contributed by atoms with van der Waals surface area (Å²) < 4.78 is 1.30. The number of rotatable bonds is 4. The van der Waals surface area contributed by atoms with Crippen molar-refractivity contribution in [3.05, 3.63) is 60.4 Å². The molecule has 1 fully saturated rings. The largest absolute Gasteiger partial charge is 0.494 e. The molecule has 1 aromatic heterocycles. The van der Waals surface area contributed by atoms with Crippen LogP contribution in [0.1, 0.15) is 54.8 Å². The van der Waals surface area contributed by atoms with Crippen molar-refractivity contribution in [2.45, 2.75) is 45.1 Å². The van der Waals surface area contributed by atoms with Gasteiger partial charge in [0.1, 0.15) is 11.6 Å². The summed E-state index contributed by atoms with van der Waals surface area (Å²) in [5.74, 6) is -0.236. The van der Waals surface area contributed by atoms with Crippen LogP contribution in [0.15, 0.2) is 28.0 Å². The molecule has 0 aliphatic heterocycles. The van der Waals surface area contributed by atoms with E-state index in [1.54, 1.807) is 6.92 Å². The van der Waals surface area contributed by atoms with E-state index in [4.69, 9.17) is 11.6 Å². The molecule has 1 aliphatic rings. The van der Waals surface area contributed by atoms with Crippen LogP contribution in [0.5, 0.6) is 5.88 Å². The highest BCUT2D eigenvalue weighted by Gasteiger charge is 2.25. The molecule has 0 unspecified atom stereocenters. The molecule has 8 nitrogen and oxygen atoms in total. The number of hydrogen-bond donors (Lipinski definition) is 1. The topological polar surface area (TPSA) is 122 Å². The Hall–Kier alpha value is -3.18. The van der Waals surface area contributed by atoms with Gasteiger partial charge in [-0.3, -0.25) is 24.5 Å². The van der Waals surface area contributed by atoms with Gasteiger partial charge in [0.25, 0.3) is 11.2 Å². The quantitative estimate of drug-likeness (QED) is 0.446. The Kier molecular flexibility index (Phi) is 5.99. The van der Waals surface area contributed by atoms with Gasteiger partial charge in [-0.25, -0.2) is 0 Å². The van der Waals surface area contributed by atoms with E-state index in [9.17, 15) is 25.3 Å². The predicted octanol–water partition coefficient (Wildman–Crippen LogP) is 4.55. The van der Waals surface area contributed by atoms with Gasteiger partial charge in [-0.1, -0.05) is 30.9 Å². The maximum Gasteiger partial charge on any atom is 0.271 e. The van der Waals surface area contributed by atoms with Gasteiger partial charge < -0.3 is 5.11 Å². The van der Waals surface area contributed by atoms with Gasteiger partial charge in [0.15, 0.2) is 0 Å².